The first-order valence-electron chi connectivity index (χ1n) is 6.15. The quantitative estimate of drug-likeness (QED) is 0.847. The molecule has 17 heavy (non-hydrogen) atoms. The zero-order chi connectivity index (χ0) is 12.5. The second-order valence-electron chi connectivity index (χ2n) is 5.13. The molecule has 0 aromatic heterocycles. The number of nitrogens with two attached hydrogens (primary N) is 1. The van der Waals surface area contributed by atoms with Crippen LogP contribution in [0, 0.1) is 6.92 Å². The van der Waals surface area contributed by atoms with Crippen LogP contribution in [0.2, 0.25) is 0 Å². The van der Waals surface area contributed by atoms with E-state index in [1.807, 2.05) is 36.1 Å². The Morgan fingerprint density at radius 3 is 2.65 bits per heavy atom. The molecular weight excluding hydrogens is 212 g/mol. The van der Waals surface area contributed by atoms with Crippen molar-refractivity contribution in [2.24, 2.45) is 5.73 Å². The number of hydrogen-bond acceptors (Lipinski definition) is 2. The lowest BCUT2D eigenvalue weighted by molar-refractivity contribution is 0.0637. The van der Waals surface area contributed by atoms with Gasteiger partial charge in [-0.25, -0.2) is 0 Å². The van der Waals surface area contributed by atoms with Gasteiger partial charge >= 0.3 is 0 Å². The summed E-state index contributed by atoms with van der Waals surface area (Å²) >= 11 is 0. The molecule has 0 bridgehead atoms. The van der Waals surface area contributed by atoms with Crippen LogP contribution in [0.3, 0.4) is 0 Å². The van der Waals surface area contributed by atoms with Gasteiger partial charge < -0.3 is 10.6 Å². The monoisotopic (exact) mass is 232 g/mol. The van der Waals surface area contributed by atoms with Crippen molar-refractivity contribution >= 4 is 5.91 Å². The molecule has 1 aromatic carbocycles. The Kier molecular flexibility index (Phi) is 3.20. The first-order valence-corrected chi connectivity index (χ1v) is 6.15. The minimum atomic E-state index is -0.165. The summed E-state index contributed by atoms with van der Waals surface area (Å²) in [5.41, 5.74) is 7.57. The molecule has 1 saturated heterocycles. The Hall–Kier alpha value is -1.35. The van der Waals surface area contributed by atoms with Crippen molar-refractivity contribution in [2.45, 2.75) is 32.2 Å². The zero-order valence-corrected chi connectivity index (χ0v) is 10.6. The van der Waals surface area contributed by atoms with Gasteiger partial charge in [-0.2, -0.15) is 0 Å². The number of hydrogen-bond donors (Lipinski definition) is 1. The summed E-state index contributed by atoms with van der Waals surface area (Å²) < 4.78 is 0. The molecule has 92 valence electrons. The standard InChI is InChI=1S/C14H20N2O/c1-11-4-6-12(7-5-11)13(17)16-9-3-8-14(16,2)10-15/h4-7H,3,8-10,15H2,1-2H3. The topological polar surface area (TPSA) is 46.3 Å². The van der Waals surface area contributed by atoms with Crippen LogP contribution in [0.25, 0.3) is 0 Å². The third-order valence-electron chi connectivity index (χ3n) is 3.73. The van der Waals surface area contributed by atoms with Crippen LogP contribution in [0.15, 0.2) is 24.3 Å². The molecule has 1 aliphatic heterocycles. The highest BCUT2D eigenvalue weighted by Gasteiger charge is 2.38. The normalized spacial score (nSPS) is 24.1. The largest absolute Gasteiger partial charge is 0.332 e. The van der Waals surface area contributed by atoms with E-state index in [0.717, 1.165) is 24.9 Å². The van der Waals surface area contributed by atoms with E-state index in [4.69, 9.17) is 5.73 Å². The van der Waals surface area contributed by atoms with Crippen LogP contribution in [0.1, 0.15) is 35.7 Å². The SMILES string of the molecule is Cc1ccc(C(=O)N2CCCC2(C)CN)cc1. The molecule has 0 saturated carbocycles. The van der Waals surface area contributed by atoms with Crippen molar-refractivity contribution in [2.75, 3.05) is 13.1 Å². The molecule has 1 unspecified atom stereocenters. The van der Waals surface area contributed by atoms with Crippen LogP contribution >= 0.6 is 0 Å². The summed E-state index contributed by atoms with van der Waals surface area (Å²) in [5.74, 6) is 0.107. The molecule has 0 aliphatic carbocycles. The van der Waals surface area contributed by atoms with Gasteiger partial charge in [0.25, 0.3) is 5.91 Å². The zero-order valence-electron chi connectivity index (χ0n) is 10.6. The van der Waals surface area contributed by atoms with Crippen molar-refractivity contribution < 1.29 is 4.79 Å². The molecule has 1 atom stereocenters. The van der Waals surface area contributed by atoms with E-state index in [1.165, 1.54) is 5.56 Å². The first kappa shape index (κ1) is 12.1. The van der Waals surface area contributed by atoms with Crippen molar-refractivity contribution in [3.8, 4) is 0 Å². The van der Waals surface area contributed by atoms with E-state index < -0.39 is 0 Å². The van der Waals surface area contributed by atoms with E-state index in [2.05, 4.69) is 6.92 Å². The third-order valence-corrected chi connectivity index (χ3v) is 3.73. The van der Waals surface area contributed by atoms with Gasteiger partial charge in [0.15, 0.2) is 0 Å². The van der Waals surface area contributed by atoms with Crippen molar-refractivity contribution in [3.05, 3.63) is 35.4 Å². The Morgan fingerprint density at radius 2 is 2.06 bits per heavy atom. The van der Waals surface area contributed by atoms with Gasteiger partial charge in [-0.15, -0.1) is 0 Å². The predicted octanol–water partition coefficient (Wildman–Crippen LogP) is 1.95. The smallest absolute Gasteiger partial charge is 0.254 e. The fourth-order valence-corrected chi connectivity index (χ4v) is 2.43. The summed E-state index contributed by atoms with van der Waals surface area (Å²) in [6, 6.07) is 7.74. The van der Waals surface area contributed by atoms with E-state index >= 15 is 0 Å². The molecule has 1 aromatic rings. The number of rotatable bonds is 2. The minimum Gasteiger partial charge on any atom is -0.332 e. The number of aryl methyl sites for hydroxylation is 1. The van der Waals surface area contributed by atoms with Gasteiger partial charge in [0.1, 0.15) is 0 Å². The van der Waals surface area contributed by atoms with Gasteiger partial charge in [-0.05, 0) is 38.8 Å². The van der Waals surface area contributed by atoms with Crippen molar-refractivity contribution in [1.29, 1.82) is 0 Å². The average Bonchev–Trinajstić information content (AvgIpc) is 2.72. The highest BCUT2D eigenvalue weighted by atomic mass is 16.2. The van der Waals surface area contributed by atoms with Gasteiger partial charge in [-0.3, -0.25) is 4.79 Å². The summed E-state index contributed by atoms with van der Waals surface area (Å²) in [6.45, 7) is 5.45. The first-order chi connectivity index (χ1) is 8.07. The molecule has 1 amide bonds. The third kappa shape index (κ3) is 2.20. The molecule has 1 aliphatic rings. The number of nitrogens with zero attached hydrogens (tertiary/aromatic N) is 1. The number of carbonyl (C=O) groups excluding carboxylic acids is 1. The van der Waals surface area contributed by atoms with E-state index in [-0.39, 0.29) is 11.4 Å². The van der Waals surface area contributed by atoms with Crippen LogP contribution in [-0.2, 0) is 0 Å². The van der Waals surface area contributed by atoms with Crippen LogP contribution in [-0.4, -0.2) is 29.4 Å². The summed E-state index contributed by atoms with van der Waals surface area (Å²) in [5, 5.41) is 0. The number of likely N-dealkylation sites (tertiary alicyclic amines) is 1. The molecule has 1 heterocycles. The fourth-order valence-electron chi connectivity index (χ4n) is 2.43. The highest BCUT2D eigenvalue weighted by molar-refractivity contribution is 5.95. The van der Waals surface area contributed by atoms with Gasteiger partial charge in [0.05, 0.1) is 5.54 Å². The maximum Gasteiger partial charge on any atom is 0.254 e. The number of amides is 1. The summed E-state index contributed by atoms with van der Waals surface area (Å²) in [7, 11) is 0. The predicted molar refractivity (Wildman–Crippen MR) is 68.9 cm³/mol. The van der Waals surface area contributed by atoms with E-state index in [1.54, 1.807) is 0 Å². The van der Waals surface area contributed by atoms with E-state index in [0.29, 0.717) is 6.54 Å². The maximum atomic E-state index is 12.4. The van der Waals surface area contributed by atoms with Crippen LogP contribution < -0.4 is 5.73 Å². The molecular formula is C14H20N2O. The van der Waals surface area contributed by atoms with E-state index in [9.17, 15) is 4.79 Å². The number of benzene rings is 1. The molecule has 0 spiro atoms. The Bertz CT molecular complexity index is 413. The Morgan fingerprint density at radius 1 is 1.41 bits per heavy atom. The lowest BCUT2D eigenvalue weighted by Gasteiger charge is -2.34. The average molecular weight is 232 g/mol. The van der Waals surface area contributed by atoms with Crippen molar-refractivity contribution in [3.63, 3.8) is 0 Å². The lowest BCUT2D eigenvalue weighted by atomic mass is 9.98. The maximum absolute atomic E-state index is 12.4. The molecule has 1 fully saturated rings. The molecule has 2 N–H and O–H groups in total. The van der Waals surface area contributed by atoms with Gasteiger partial charge in [0, 0.05) is 18.7 Å². The van der Waals surface area contributed by atoms with Crippen molar-refractivity contribution in [1.82, 2.24) is 4.90 Å². The number of carbonyl (C=O) groups is 1. The molecule has 0 radical (unpaired) electrons. The molecule has 3 nitrogen and oxygen atoms in total. The van der Waals surface area contributed by atoms with Gasteiger partial charge in [-0.1, -0.05) is 17.7 Å². The van der Waals surface area contributed by atoms with Gasteiger partial charge in [0.2, 0.25) is 0 Å². The summed E-state index contributed by atoms with van der Waals surface area (Å²) in [6.07, 6.45) is 2.05. The second-order valence-corrected chi connectivity index (χ2v) is 5.13. The lowest BCUT2D eigenvalue weighted by Crippen LogP contribution is -2.50. The fraction of sp³-hybridized carbons (Fsp3) is 0.500. The Labute approximate surface area is 103 Å². The molecule has 2 rings (SSSR count). The second kappa shape index (κ2) is 4.49. The van der Waals surface area contributed by atoms with Crippen LogP contribution in [0.5, 0.6) is 0 Å². The minimum absolute atomic E-state index is 0.107. The summed E-state index contributed by atoms with van der Waals surface area (Å²) in [4.78, 5) is 14.3. The highest BCUT2D eigenvalue weighted by Crippen LogP contribution is 2.29. The molecule has 3 heteroatoms. The van der Waals surface area contributed by atoms with Crippen LogP contribution in [0.4, 0.5) is 0 Å². The Balaban J connectivity index is 2.23.